The van der Waals surface area contributed by atoms with Crippen molar-refractivity contribution in [3.63, 3.8) is 0 Å². The number of fused-ring (bicyclic) bond motifs is 1. The Balaban J connectivity index is 1.76. The lowest BCUT2D eigenvalue weighted by molar-refractivity contribution is 0.414. The zero-order valence-electron chi connectivity index (χ0n) is 14.3. The number of nitrogens with zero attached hydrogens (tertiary/aromatic N) is 2. The molecule has 4 rings (SSSR count). The van der Waals surface area contributed by atoms with Crippen molar-refractivity contribution in [2.75, 3.05) is 38.2 Å². The van der Waals surface area contributed by atoms with Gasteiger partial charge in [-0.05, 0) is 36.4 Å². The molecule has 0 saturated carbocycles. The van der Waals surface area contributed by atoms with Crippen molar-refractivity contribution in [3.8, 4) is 5.75 Å². The summed E-state index contributed by atoms with van der Waals surface area (Å²) < 4.78 is 32.4. The van der Waals surface area contributed by atoms with E-state index < -0.39 is 9.84 Å². The van der Waals surface area contributed by atoms with Crippen molar-refractivity contribution >= 4 is 37.1 Å². The number of thiophene rings is 1. The molecule has 1 fully saturated rings. The molecule has 0 aliphatic carbocycles. The molecular weight excluding hydrogens is 370 g/mol. The van der Waals surface area contributed by atoms with Gasteiger partial charge in [-0.15, -0.1) is 11.3 Å². The standard InChI is InChI=1S/C18H19N3O3S2/c1-24-13-2-4-14(5-3-13)26(22,23)17-12-15-16(25-17)6-7-20-18(15)21-10-8-19-9-11-21/h2-7,12,19H,8-11H2,1H3. The van der Waals surface area contributed by atoms with E-state index in [1.54, 1.807) is 43.6 Å². The molecule has 0 spiro atoms. The van der Waals surface area contributed by atoms with Gasteiger partial charge in [-0.3, -0.25) is 0 Å². The van der Waals surface area contributed by atoms with E-state index in [4.69, 9.17) is 4.74 Å². The zero-order chi connectivity index (χ0) is 18.1. The Bertz CT molecular complexity index is 1020. The van der Waals surface area contributed by atoms with Crippen LogP contribution in [0.5, 0.6) is 5.75 Å². The van der Waals surface area contributed by atoms with Gasteiger partial charge in [0.1, 0.15) is 15.8 Å². The predicted octanol–water partition coefficient (Wildman–Crippen LogP) is 2.55. The summed E-state index contributed by atoms with van der Waals surface area (Å²) in [7, 11) is -2.01. The van der Waals surface area contributed by atoms with Crippen LogP contribution in [0.25, 0.3) is 10.1 Å². The van der Waals surface area contributed by atoms with Gasteiger partial charge >= 0.3 is 0 Å². The molecule has 8 heteroatoms. The van der Waals surface area contributed by atoms with Crippen LogP contribution in [0.15, 0.2) is 51.7 Å². The van der Waals surface area contributed by atoms with E-state index in [1.165, 1.54) is 11.3 Å². The number of hydrogen-bond acceptors (Lipinski definition) is 7. The van der Waals surface area contributed by atoms with Crippen LogP contribution in [-0.2, 0) is 9.84 Å². The molecule has 1 aromatic carbocycles. The van der Waals surface area contributed by atoms with Crippen molar-refractivity contribution in [1.29, 1.82) is 0 Å². The topological polar surface area (TPSA) is 71.5 Å². The third-order valence-corrected chi connectivity index (χ3v) is 7.80. The molecule has 3 heterocycles. The molecule has 0 atom stereocenters. The third-order valence-electron chi connectivity index (χ3n) is 4.45. The first-order valence-electron chi connectivity index (χ1n) is 8.33. The van der Waals surface area contributed by atoms with Gasteiger partial charge < -0.3 is 15.0 Å². The quantitative estimate of drug-likeness (QED) is 0.739. The van der Waals surface area contributed by atoms with E-state index in [9.17, 15) is 8.42 Å². The second-order valence-electron chi connectivity index (χ2n) is 6.03. The summed E-state index contributed by atoms with van der Waals surface area (Å²) in [6.07, 6.45) is 1.75. The van der Waals surface area contributed by atoms with Crippen LogP contribution in [0, 0.1) is 0 Å². The lowest BCUT2D eigenvalue weighted by atomic mass is 10.2. The molecule has 1 N–H and O–H groups in total. The number of ether oxygens (including phenoxy) is 1. The van der Waals surface area contributed by atoms with Crippen LogP contribution < -0.4 is 15.0 Å². The lowest BCUT2D eigenvalue weighted by Crippen LogP contribution is -2.43. The summed E-state index contributed by atoms with van der Waals surface area (Å²) in [6, 6.07) is 10.1. The SMILES string of the molecule is COc1ccc(S(=O)(=O)c2cc3c(N4CCNCC4)nccc3s2)cc1. The fourth-order valence-electron chi connectivity index (χ4n) is 3.06. The molecule has 26 heavy (non-hydrogen) atoms. The van der Waals surface area contributed by atoms with Gasteiger partial charge in [0.05, 0.1) is 12.0 Å². The van der Waals surface area contributed by atoms with Gasteiger partial charge in [-0.2, -0.15) is 0 Å². The molecule has 1 saturated heterocycles. The molecule has 0 radical (unpaired) electrons. The third kappa shape index (κ3) is 3.04. The average molecular weight is 390 g/mol. The van der Waals surface area contributed by atoms with Crippen LogP contribution in [0.4, 0.5) is 5.82 Å². The first-order valence-corrected chi connectivity index (χ1v) is 10.6. The van der Waals surface area contributed by atoms with Crippen LogP contribution in [-0.4, -0.2) is 46.7 Å². The van der Waals surface area contributed by atoms with Crippen LogP contribution in [0.3, 0.4) is 0 Å². The van der Waals surface area contributed by atoms with Gasteiger partial charge in [0.2, 0.25) is 9.84 Å². The average Bonchev–Trinajstić information content (AvgIpc) is 3.14. The highest BCUT2D eigenvalue weighted by Crippen LogP contribution is 2.36. The highest BCUT2D eigenvalue weighted by Gasteiger charge is 2.23. The van der Waals surface area contributed by atoms with Gasteiger partial charge in [0.15, 0.2) is 0 Å². The Labute approximate surface area is 156 Å². The number of nitrogens with one attached hydrogen (secondary N) is 1. The Morgan fingerprint density at radius 2 is 1.88 bits per heavy atom. The number of methoxy groups -OCH3 is 1. The van der Waals surface area contributed by atoms with E-state index in [1.807, 2.05) is 6.07 Å². The highest BCUT2D eigenvalue weighted by atomic mass is 32.2. The molecule has 0 amide bonds. The van der Waals surface area contributed by atoms with E-state index in [2.05, 4.69) is 15.2 Å². The number of rotatable bonds is 4. The number of benzene rings is 1. The number of hydrogen-bond donors (Lipinski definition) is 1. The van der Waals surface area contributed by atoms with Crippen molar-refractivity contribution in [2.45, 2.75) is 9.10 Å². The van der Waals surface area contributed by atoms with E-state index in [0.29, 0.717) is 9.96 Å². The number of sulfone groups is 1. The maximum Gasteiger partial charge on any atom is 0.216 e. The minimum Gasteiger partial charge on any atom is -0.497 e. The van der Waals surface area contributed by atoms with Gasteiger partial charge in [0.25, 0.3) is 0 Å². The number of piperazine rings is 1. The van der Waals surface area contributed by atoms with Crippen LogP contribution in [0.1, 0.15) is 0 Å². The summed E-state index contributed by atoms with van der Waals surface area (Å²) >= 11 is 1.29. The molecule has 3 aromatic rings. The van der Waals surface area contributed by atoms with E-state index in [-0.39, 0.29) is 4.90 Å². The number of aromatic nitrogens is 1. The smallest absolute Gasteiger partial charge is 0.216 e. The Hall–Kier alpha value is -2.16. The molecule has 0 bridgehead atoms. The maximum absolute atomic E-state index is 13.0. The van der Waals surface area contributed by atoms with E-state index >= 15 is 0 Å². The Morgan fingerprint density at radius 1 is 1.15 bits per heavy atom. The molecule has 0 unspecified atom stereocenters. The molecule has 1 aliphatic heterocycles. The lowest BCUT2D eigenvalue weighted by Gasteiger charge is -2.28. The van der Waals surface area contributed by atoms with Gasteiger partial charge in [-0.25, -0.2) is 13.4 Å². The highest BCUT2D eigenvalue weighted by molar-refractivity contribution is 7.93. The second-order valence-corrected chi connectivity index (χ2v) is 9.29. The summed E-state index contributed by atoms with van der Waals surface area (Å²) in [6.45, 7) is 3.53. The van der Waals surface area contributed by atoms with E-state index in [0.717, 1.165) is 42.1 Å². The minimum atomic E-state index is -3.57. The number of pyridine rings is 1. The summed E-state index contributed by atoms with van der Waals surface area (Å²) in [5.74, 6) is 1.49. The van der Waals surface area contributed by atoms with Crippen molar-refractivity contribution in [2.24, 2.45) is 0 Å². The second kappa shape index (κ2) is 6.86. The normalized spacial score (nSPS) is 15.3. The van der Waals surface area contributed by atoms with Crippen molar-refractivity contribution in [1.82, 2.24) is 10.3 Å². The molecular formula is C18H19N3O3S2. The Morgan fingerprint density at radius 3 is 2.58 bits per heavy atom. The largest absolute Gasteiger partial charge is 0.497 e. The maximum atomic E-state index is 13.0. The van der Waals surface area contributed by atoms with Crippen LogP contribution in [0.2, 0.25) is 0 Å². The minimum absolute atomic E-state index is 0.265. The van der Waals surface area contributed by atoms with Gasteiger partial charge in [-0.1, -0.05) is 0 Å². The summed E-state index contributed by atoms with van der Waals surface area (Å²) in [5, 5.41) is 4.21. The summed E-state index contributed by atoms with van der Waals surface area (Å²) in [4.78, 5) is 6.98. The predicted molar refractivity (Wildman–Crippen MR) is 103 cm³/mol. The zero-order valence-corrected chi connectivity index (χ0v) is 15.9. The first kappa shape index (κ1) is 17.3. The monoisotopic (exact) mass is 389 g/mol. The molecule has 1 aliphatic rings. The first-order chi connectivity index (χ1) is 12.6. The number of anilines is 1. The van der Waals surface area contributed by atoms with Crippen LogP contribution >= 0.6 is 11.3 Å². The molecule has 136 valence electrons. The fourth-order valence-corrected chi connectivity index (χ4v) is 5.84. The Kier molecular flexibility index (Phi) is 4.56. The van der Waals surface area contributed by atoms with Gasteiger partial charge in [0, 0.05) is 42.5 Å². The van der Waals surface area contributed by atoms with Crippen molar-refractivity contribution < 1.29 is 13.2 Å². The fraction of sp³-hybridized carbons (Fsp3) is 0.278. The molecule has 2 aromatic heterocycles. The molecule has 6 nitrogen and oxygen atoms in total. The summed E-state index contributed by atoms with van der Waals surface area (Å²) in [5.41, 5.74) is 0. The van der Waals surface area contributed by atoms with Crippen molar-refractivity contribution in [3.05, 3.63) is 42.6 Å².